The number of carbonyl (C=O) groups is 1. The molecule has 0 aromatic carbocycles. The van der Waals surface area contributed by atoms with Gasteiger partial charge in [-0.15, -0.1) is 0 Å². The average molecular weight is 374 g/mol. The van der Waals surface area contributed by atoms with Crippen molar-refractivity contribution in [3.63, 3.8) is 0 Å². The van der Waals surface area contributed by atoms with Gasteiger partial charge in [-0.3, -0.25) is 0 Å². The molecule has 0 bridgehead atoms. The van der Waals surface area contributed by atoms with Crippen molar-refractivity contribution in [3.05, 3.63) is 6.20 Å². The number of piperidine rings is 1. The van der Waals surface area contributed by atoms with Gasteiger partial charge in [0.1, 0.15) is 5.60 Å². The Balaban J connectivity index is 1.90. The molecule has 26 heavy (non-hydrogen) atoms. The van der Waals surface area contributed by atoms with E-state index in [-0.39, 0.29) is 29.7 Å². The number of likely N-dealkylation sites (tertiary alicyclic amines) is 1. The van der Waals surface area contributed by atoms with Gasteiger partial charge < -0.3 is 24.4 Å². The Morgan fingerprint density at radius 1 is 1.35 bits per heavy atom. The molecule has 1 aliphatic heterocycles. The number of carbonyl (C=O) groups excluding carboxylic acids is 1. The molecule has 1 aliphatic rings. The maximum atomic E-state index is 12.3. The van der Waals surface area contributed by atoms with E-state index in [0.29, 0.717) is 25.9 Å². The number of nitrogens with one attached hydrogen (secondary N) is 1. The van der Waals surface area contributed by atoms with E-state index in [0.717, 1.165) is 6.20 Å². The van der Waals surface area contributed by atoms with Gasteiger partial charge in [-0.05, 0) is 33.6 Å². The molecule has 0 aliphatic carbocycles. The summed E-state index contributed by atoms with van der Waals surface area (Å²) in [4.78, 5) is 21.7. The second-order valence-electron chi connectivity index (χ2n) is 6.83. The van der Waals surface area contributed by atoms with Gasteiger partial charge in [-0.25, -0.2) is 9.78 Å². The lowest BCUT2D eigenvalue weighted by Crippen LogP contribution is -2.44. The number of ether oxygens (including phenoxy) is 3. The summed E-state index contributed by atoms with van der Waals surface area (Å²) in [6.45, 7) is 3.57. The van der Waals surface area contributed by atoms with Crippen molar-refractivity contribution >= 4 is 12.0 Å². The smallest absolute Gasteiger partial charge is 0.410 e. The molecule has 0 atom stereocenters. The second-order valence-corrected chi connectivity index (χ2v) is 6.83. The van der Waals surface area contributed by atoms with Crippen LogP contribution in [0, 0.1) is 0 Å². The highest BCUT2D eigenvalue weighted by Gasteiger charge is 2.27. The number of alkyl halides is 2. The Labute approximate surface area is 150 Å². The number of anilines is 1. The van der Waals surface area contributed by atoms with Crippen LogP contribution in [-0.2, 0) is 4.74 Å². The first-order chi connectivity index (χ1) is 12.2. The van der Waals surface area contributed by atoms with Crippen LogP contribution in [0.25, 0.3) is 0 Å². The molecular weight excluding hydrogens is 350 g/mol. The number of hydrogen-bond donors (Lipinski definition) is 1. The van der Waals surface area contributed by atoms with Crippen LogP contribution < -0.4 is 14.8 Å². The van der Waals surface area contributed by atoms with Gasteiger partial charge in [-0.2, -0.15) is 13.8 Å². The monoisotopic (exact) mass is 374 g/mol. The van der Waals surface area contributed by atoms with E-state index in [2.05, 4.69) is 20.0 Å². The summed E-state index contributed by atoms with van der Waals surface area (Å²) in [5, 5.41) is 3.12. The van der Waals surface area contributed by atoms with Crippen LogP contribution in [0.1, 0.15) is 33.6 Å². The van der Waals surface area contributed by atoms with Crippen molar-refractivity contribution in [2.24, 2.45) is 0 Å². The van der Waals surface area contributed by atoms with Crippen LogP contribution >= 0.6 is 0 Å². The third-order valence-corrected chi connectivity index (χ3v) is 3.61. The van der Waals surface area contributed by atoms with E-state index in [1.807, 2.05) is 20.8 Å². The number of nitrogens with zero attached hydrogens (tertiary/aromatic N) is 3. The lowest BCUT2D eigenvalue weighted by Gasteiger charge is -2.33. The van der Waals surface area contributed by atoms with Gasteiger partial charge >= 0.3 is 12.7 Å². The third kappa shape index (κ3) is 5.85. The zero-order valence-electron chi connectivity index (χ0n) is 15.3. The molecule has 10 heteroatoms. The van der Waals surface area contributed by atoms with E-state index in [9.17, 15) is 13.6 Å². The van der Waals surface area contributed by atoms with Crippen LogP contribution in [0.5, 0.6) is 11.6 Å². The standard InChI is InChI=1S/C16H24F2N4O4/c1-16(2,3)26-15(23)22-7-5-10(6-8-22)20-14-19-9-11(25-13(17)18)12(21-14)24-4/h9-10,13H,5-8H2,1-4H3,(H,19,20,21). The van der Waals surface area contributed by atoms with E-state index >= 15 is 0 Å². The first-order valence-electron chi connectivity index (χ1n) is 8.28. The lowest BCUT2D eigenvalue weighted by atomic mass is 10.1. The predicted molar refractivity (Wildman–Crippen MR) is 89.7 cm³/mol. The molecule has 0 saturated carbocycles. The van der Waals surface area contributed by atoms with Crippen LogP contribution in [-0.4, -0.2) is 59.4 Å². The Morgan fingerprint density at radius 2 is 2.00 bits per heavy atom. The summed E-state index contributed by atoms with van der Waals surface area (Å²) in [6.07, 6.45) is 2.17. The lowest BCUT2D eigenvalue weighted by molar-refractivity contribution is -0.0518. The molecule has 0 spiro atoms. The van der Waals surface area contributed by atoms with Gasteiger partial charge in [0.25, 0.3) is 5.88 Å². The van der Waals surface area contributed by atoms with Gasteiger partial charge in [0.15, 0.2) is 0 Å². The van der Waals surface area contributed by atoms with Crippen LogP contribution in [0.3, 0.4) is 0 Å². The minimum atomic E-state index is -2.98. The molecule has 2 heterocycles. The maximum Gasteiger partial charge on any atom is 0.410 e. The van der Waals surface area contributed by atoms with Gasteiger partial charge in [0.05, 0.1) is 13.3 Å². The molecule has 0 unspecified atom stereocenters. The highest BCUT2D eigenvalue weighted by Crippen LogP contribution is 2.27. The average Bonchev–Trinajstić information content (AvgIpc) is 2.55. The minimum absolute atomic E-state index is 0.0419. The highest BCUT2D eigenvalue weighted by atomic mass is 19.3. The summed E-state index contributed by atoms with van der Waals surface area (Å²) in [7, 11) is 1.31. The molecule has 2 rings (SSSR count). The van der Waals surface area contributed by atoms with Crippen LogP contribution in [0.15, 0.2) is 6.20 Å². The van der Waals surface area contributed by atoms with Crippen molar-refractivity contribution in [1.82, 2.24) is 14.9 Å². The summed E-state index contributed by atoms with van der Waals surface area (Å²) >= 11 is 0. The molecule has 1 aromatic rings. The van der Waals surface area contributed by atoms with Crippen molar-refractivity contribution in [3.8, 4) is 11.6 Å². The number of amides is 1. The molecule has 1 amide bonds. The Bertz CT molecular complexity index is 617. The van der Waals surface area contributed by atoms with E-state index in [1.165, 1.54) is 7.11 Å². The molecule has 1 aromatic heterocycles. The number of halogens is 2. The number of aromatic nitrogens is 2. The van der Waals surface area contributed by atoms with E-state index in [4.69, 9.17) is 9.47 Å². The predicted octanol–water partition coefficient (Wildman–Crippen LogP) is 2.90. The molecular formula is C16H24F2N4O4. The SMILES string of the molecule is COc1nc(NC2CCN(C(=O)OC(C)(C)C)CC2)ncc1OC(F)F. The molecule has 1 saturated heterocycles. The van der Waals surface area contributed by atoms with Crippen molar-refractivity contribution < 1.29 is 27.8 Å². The molecule has 8 nitrogen and oxygen atoms in total. The number of methoxy groups -OCH3 is 1. The van der Waals surface area contributed by atoms with E-state index < -0.39 is 12.2 Å². The summed E-state index contributed by atoms with van der Waals surface area (Å²) in [5.41, 5.74) is -0.529. The van der Waals surface area contributed by atoms with Crippen LogP contribution in [0.2, 0.25) is 0 Å². The Morgan fingerprint density at radius 3 is 2.54 bits per heavy atom. The normalized spacial score (nSPS) is 15.7. The number of rotatable bonds is 5. The highest BCUT2D eigenvalue weighted by molar-refractivity contribution is 5.68. The van der Waals surface area contributed by atoms with Crippen LogP contribution in [0.4, 0.5) is 19.5 Å². The Hall–Kier alpha value is -2.39. The molecule has 1 N–H and O–H groups in total. The quantitative estimate of drug-likeness (QED) is 0.848. The van der Waals surface area contributed by atoms with Crippen molar-refractivity contribution in [1.29, 1.82) is 0 Å². The zero-order valence-corrected chi connectivity index (χ0v) is 15.3. The largest absolute Gasteiger partial charge is 0.478 e. The summed E-state index contributed by atoms with van der Waals surface area (Å²) < 4.78 is 39.2. The molecule has 146 valence electrons. The second kappa shape index (κ2) is 8.33. The maximum absolute atomic E-state index is 12.3. The summed E-state index contributed by atoms with van der Waals surface area (Å²) in [5.74, 6) is -0.0547. The zero-order chi connectivity index (χ0) is 19.3. The molecule has 1 fully saturated rings. The molecule has 0 radical (unpaired) electrons. The van der Waals surface area contributed by atoms with E-state index in [1.54, 1.807) is 4.90 Å². The van der Waals surface area contributed by atoms with Gasteiger partial charge in [-0.1, -0.05) is 0 Å². The van der Waals surface area contributed by atoms with Gasteiger partial charge in [0.2, 0.25) is 11.7 Å². The third-order valence-electron chi connectivity index (χ3n) is 3.61. The van der Waals surface area contributed by atoms with Gasteiger partial charge in [0, 0.05) is 19.1 Å². The fourth-order valence-electron chi connectivity index (χ4n) is 2.46. The van der Waals surface area contributed by atoms with Crippen molar-refractivity contribution in [2.45, 2.75) is 51.9 Å². The fourth-order valence-corrected chi connectivity index (χ4v) is 2.46. The topological polar surface area (TPSA) is 85.8 Å². The Kier molecular flexibility index (Phi) is 6.38. The van der Waals surface area contributed by atoms with Crippen molar-refractivity contribution in [2.75, 3.05) is 25.5 Å². The first kappa shape index (κ1) is 19.9. The number of hydrogen-bond acceptors (Lipinski definition) is 7. The first-order valence-corrected chi connectivity index (χ1v) is 8.28. The summed E-state index contributed by atoms with van der Waals surface area (Å²) in [6, 6.07) is 0.0419. The minimum Gasteiger partial charge on any atom is -0.478 e. The fraction of sp³-hybridized carbons (Fsp3) is 0.688.